The summed E-state index contributed by atoms with van der Waals surface area (Å²) in [5, 5.41) is 7.68. The van der Waals surface area contributed by atoms with Crippen molar-refractivity contribution in [1.82, 2.24) is 0 Å². The zero-order chi connectivity index (χ0) is 13.1. The van der Waals surface area contributed by atoms with Gasteiger partial charge in [0.25, 0.3) is 0 Å². The molecule has 1 fully saturated rings. The lowest BCUT2D eigenvalue weighted by Crippen LogP contribution is -2.35. The van der Waals surface area contributed by atoms with Crippen LogP contribution in [0.1, 0.15) is 31.7 Å². The highest BCUT2D eigenvalue weighted by Gasteiger charge is 2.20. The standard InChI is InChI=1S/C14H20BrN3/c1-2-10-5-7-18(8-6-10)13-9-11(15)3-4-12(13)14(16)17/h3-4,9-10H,2,5-8H2,1H3,(H3,16,17). The number of halogens is 1. The maximum atomic E-state index is 7.68. The third-order valence-electron chi connectivity index (χ3n) is 3.78. The Morgan fingerprint density at radius 1 is 1.44 bits per heavy atom. The van der Waals surface area contributed by atoms with E-state index >= 15 is 0 Å². The van der Waals surface area contributed by atoms with E-state index in [0.29, 0.717) is 0 Å². The molecular weight excluding hydrogens is 290 g/mol. The Morgan fingerprint density at radius 3 is 2.67 bits per heavy atom. The van der Waals surface area contributed by atoms with Crippen LogP contribution in [-0.2, 0) is 0 Å². The number of nitrogens with two attached hydrogens (primary N) is 1. The van der Waals surface area contributed by atoms with Crippen molar-refractivity contribution < 1.29 is 0 Å². The van der Waals surface area contributed by atoms with Gasteiger partial charge in [0.15, 0.2) is 0 Å². The SMILES string of the molecule is CCC1CCN(c2cc(Br)ccc2C(=N)N)CC1. The highest BCUT2D eigenvalue weighted by Crippen LogP contribution is 2.29. The normalized spacial score (nSPS) is 16.9. The Hall–Kier alpha value is -1.03. The van der Waals surface area contributed by atoms with Crippen molar-refractivity contribution in [1.29, 1.82) is 5.41 Å². The number of hydrogen-bond acceptors (Lipinski definition) is 2. The van der Waals surface area contributed by atoms with Crippen LogP contribution in [-0.4, -0.2) is 18.9 Å². The first-order valence-corrected chi connectivity index (χ1v) is 7.30. The fourth-order valence-electron chi connectivity index (χ4n) is 2.58. The van der Waals surface area contributed by atoms with Crippen LogP contribution < -0.4 is 10.6 Å². The molecule has 0 aromatic heterocycles. The molecule has 18 heavy (non-hydrogen) atoms. The van der Waals surface area contributed by atoms with Gasteiger partial charge in [-0.15, -0.1) is 0 Å². The summed E-state index contributed by atoms with van der Waals surface area (Å²) in [6.45, 7) is 4.39. The Bertz CT molecular complexity index is 437. The molecule has 0 unspecified atom stereocenters. The Labute approximate surface area is 117 Å². The van der Waals surface area contributed by atoms with Crippen LogP contribution in [0.25, 0.3) is 0 Å². The van der Waals surface area contributed by atoms with Crippen LogP contribution >= 0.6 is 15.9 Å². The largest absolute Gasteiger partial charge is 0.384 e. The Kier molecular flexibility index (Phi) is 4.27. The Morgan fingerprint density at radius 2 is 2.11 bits per heavy atom. The van der Waals surface area contributed by atoms with Gasteiger partial charge >= 0.3 is 0 Å². The number of nitrogen functional groups attached to an aromatic ring is 1. The van der Waals surface area contributed by atoms with Crippen molar-refractivity contribution in [3.05, 3.63) is 28.2 Å². The van der Waals surface area contributed by atoms with Crippen molar-refractivity contribution in [3.63, 3.8) is 0 Å². The molecule has 4 heteroatoms. The molecule has 0 radical (unpaired) electrons. The molecule has 3 nitrogen and oxygen atoms in total. The molecule has 2 rings (SSSR count). The molecule has 98 valence electrons. The first-order valence-electron chi connectivity index (χ1n) is 6.50. The molecule has 0 saturated carbocycles. The van der Waals surface area contributed by atoms with Crippen LogP contribution in [0.15, 0.2) is 22.7 Å². The maximum absolute atomic E-state index is 7.68. The van der Waals surface area contributed by atoms with E-state index in [2.05, 4.69) is 33.8 Å². The highest BCUT2D eigenvalue weighted by molar-refractivity contribution is 9.10. The third-order valence-corrected chi connectivity index (χ3v) is 4.28. The number of hydrogen-bond donors (Lipinski definition) is 2. The van der Waals surface area contributed by atoms with E-state index in [1.165, 1.54) is 19.3 Å². The average Bonchev–Trinajstić information content (AvgIpc) is 2.38. The fraction of sp³-hybridized carbons (Fsp3) is 0.500. The van der Waals surface area contributed by atoms with Gasteiger partial charge in [0.05, 0.1) is 0 Å². The molecule has 1 aromatic rings. The minimum atomic E-state index is 0.148. The van der Waals surface area contributed by atoms with E-state index in [-0.39, 0.29) is 5.84 Å². The van der Waals surface area contributed by atoms with E-state index in [4.69, 9.17) is 11.1 Å². The van der Waals surface area contributed by atoms with Crippen LogP contribution in [0.3, 0.4) is 0 Å². The number of amidine groups is 1. The topological polar surface area (TPSA) is 53.1 Å². The van der Waals surface area contributed by atoms with Gasteiger partial charge in [-0.3, -0.25) is 5.41 Å². The van der Waals surface area contributed by atoms with Gasteiger partial charge in [0.1, 0.15) is 5.84 Å². The van der Waals surface area contributed by atoms with Crippen LogP contribution in [0.4, 0.5) is 5.69 Å². The van der Waals surface area contributed by atoms with E-state index in [1.807, 2.05) is 12.1 Å². The molecule has 0 amide bonds. The summed E-state index contributed by atoms with van der Waals surface area (Å²) < 4.78 is 1.04. The van der Waals surface area contributed by atoms with Gasteiger partial charge in [-0.1, -0.05) is 29.3 Å². The fourth-order valence-corrected chi connectivity index (χ4v) is 2.93. The lowest BCUT2D eigenvalue weighted by Gasteiger charge is -2.34. The maximum Gasteiger partial charge on any atom is 0.124 e. The van der Waals surface area contributed by atoms with Crippen molar-refractivity contribution in [3.8, 4) is 0 Å². The molecule has 1 saturated heterocycles. The van der Waals surface area contributed by atoms with E-state index in [9.17, 15) is 0 Å². The third kappa shape index (κ3) is 2.86. The quantitative estimate of drug-likeness (QED) is 0.664. The minimum Gasteiger partial charge on any atom is -0.384 e. The van der Waals surface area contributed by atoms with Gasteiger partial charge in [0, 0.05) is 28.8 Å². The highest BCUT2D eigenvalue weighted by atomic mass is 79.9. The number of nitrogens with zero attached hydrogens (tertiary/aromatic N) is 1. The van der Waals surface area contributed by atoms with E-state index in [0.717, 1.165) is 34.7 Å². The first kappa shape index (κ1) is 13.4. The average molecular weight is 310 g/mol. The molecular formula is C14H20BrN3. The van der Waals surface area contributed by atoms with E-state index in [1.54, 1.807) is 0 Å². The summed E-state index contributed by atoms with van der Waals surface area (Å²) in [4.78, 5) is 2.35. The smallest absolute Gasteiger partial charge is 0.124 e. The summed E-state index contributed by atoms with van der Waals surface area (Å²) in [6, 6.07) is 5.94. The van der Waals surface area contributed by atoms with Gasteiger partial charge in [0.2, 0.25) is 0 Å². The summed E-state index contributed by atoms with van der Waals surface area (Å²) in [5.74, 6) is 1.00. The van der Waals surface area contributed by atoms with Gasteiger partial charge in [-0.05, 0) is 37.0 Å². The van der Waals surface area contributed by atoms with Crippen molar-refractivity contribution in [2.75, 3.05) is 18.0 Å². The van der Waals surface area contributed by atoms with Crippen LogP contribution in [0, 0.1) is 11.3 Å². The molecule has 1 aliphatic rings. The lowest BCUT2D eigenvalue weighted by atomic mass is 9.93. The number of piperidine rings is 1. The van der Waals surface area contributed by atoms with Crippen molar-refractivity contribution in [2.45, 2.75) is 26.2 Å². The van der Waals surface area contributed by atoms with Crippen molar-refractivity contribution >= 4 is 27.5 Å². The summed E-state index contributed by atoms with van der Waals surface area (Å²) in [6.07, 6.45) is 3.74. The second-order valence-corrected chi connectivity index (χ2v) is 5.83. The minimum absolute atomic E-state index is 0.148. The Balaban J connectivity index is 2.22. The second-order valence-electron chi connectivity index (χ2n) is 4.91. The monoisotopic (exact) mass is 309 g/mol. The molecule has 1 heterocycles. The van der Waals surface area contributed by atoms with Gasteiger partial charge in [-0.2, -0.15) is 0 Å². The molecule has 1 aliphatic heterocycles. The molecule has 0 spiro atoms. The first-order chi connectivity index (χ1) is 8.61. The summed E-state index contributed by atoms with van der Waals surface area (Å²) in [5.41, 5.74) is 7.60. The van der Waals surface area contributed by atoms with Gasteiger partial charge < -0.3 is 10.6 Å². The summed E-state index contributed by atoms with van der Waals surface area (Å²) in [7, 11) is 0. The predicted octanol–water partition coefficient (Wildman–Crippen LogP) is 3.36. The number of anilines is 1. The predicted molar refractivity (Wildman–Crippen MR) is 80.4 cm³/mol. The number of rotatable bonds is 3. The molecule has 3 N–H and O–H groups in total. The summed E-state index contributed by atoms with van der Waals surface area (Å²) >= 11 is 3.50. The second kappa shape index (κ2) is 5.74. The number of benzene rings is 1. The number of nitrogens with one attached hydrogen (secondary N) is 1. The molecule has 0 aliphatic carbocycles. The van der Waals surface area contributed by atoms with Crippen LogP contribution in [0.5, 0.6) is 0 Å². The molecule has 1 aromatic carbocycles. The zero-order valence-electron chi connectivity index (χ0n) is 10.7. The van der Waals surface area contributed by atoms with Gasteiger partial charge in [-0.25, -0.2) is 0 Å². The zero-order valence-corrected chi connectivity index (χ0v) is 12.3. The van der Waals surface area contributed by atoms with E-state index < -0.39 is 0 Å². The van der Waals surface area contributed by atoms with Crippen LogP contribution in [0.2, 0.25) is 0 Å². The lowest BCUT2D eigenvalue weighted by molar-refractivity contribution is 0.395. The molecule has 0 bridgehead atoms. The molecule has 0 atom stereocenters. The van der Waals surface area contributed by atoms with Crippen molar-refractivity contribution in [2.24, 2.45) is 11.7 Å².